The fraction of sp³-hybridized carbons (Fsp3) is 0.333. The van der Waals surface area contributed by atoms with E-state index < -0.39 is 28.5 Å². The molecule has 2 amide bonds. The summed E-state index contributed by atoms with van der Waals surface area (Å²) in [5, 5.41) is 3.26. The highest BCUT2D eigenvalue weighted by molar-refractivity contribution is 7.92. The lowest BCUT2D eigenvalue weighted by Gasteiger charge is -2.32. The van der Waals surface area contributed by atoms with Crippen LogP contribution in [-0.2, 0) is 26.2 Å². The number of nitrogens with one attached hydrogen (secondary N) is 1. The fourth-order valence-corrected chi connectivity index (χ4v) is 5.86. The van der Waals surface area contributed by atoms with Gasteiger partial charge in [-0.2, -0.15) is 0 Å². The SMILES string of the molecule is CC[C@@H](C)NC(=O)[C@@H](C)N(Cc1ccc(OC)cc1)C(=O)CN(c1cc(Cl)ccc1Cl)S(=O)(=O)c1ccc(C)cc1. The molecule has 3 aromatic carbocycles. The Morgan fingerprint density at radius 1 is 0.976 bits per heavy atom. The monoisotopic (exact) mass is 619 g/mol. The van der Waals surface area contributed by atoms with Crippen molar-refractivity contribution in [2.45, 2.75) is 57.6 Å². The summed E-state index contributed by atoms with van der Waals surface area (Å²) in [4.78, 5) is 28.5. The molecule has 0 aliphatic carbocycles. The average molecular weight is 621 g/mol. The number of carbonyl (C=O) groups excluding carboxylic acids is 2. The van der Waals surface area contributed by atoms with Crippen molar-refractivity contribution in [2.75, 3.05) is 18.0 Å². The van der Waals surface area contributed by atoms with E-state index in [0.29, 0.717) is 12.2 Å². The van der Waals surface area contributed by atoms with Crippen LogP contribution in [0.3, 0.4) is 0 Å². The van der Waals surface area contributed by atoms with Gasteiger partial charge in [0.05, 0.1) is 22.7 Å². The molecule has 0 heterocycles. The van der Waals surface area contributed by atoms with E-state index in [4.69, 9.17) is 27.9 Å². The number of benzene rings is 3. The lowest BCUT2D eigenvalue weighted by molar-refractivity contribution is -0.139. The summed E-state index contributed by atoms with van der Waals surface area (Å²) in [6.45, 7) is 6.71. The number of amides is 2. The summed E-state index contributed by atoms with van der Waals surface area (Å²) in [5.74, 6) is -0.311. The maximum Gasteiger partial charge on any atom is 0.264 e. The lowest BCUT2D eigenvalue weighted by atomic mass is 10.1. The first kappa shape index (κ1) is 32.2. The number of rotatable bonds is 12. The molecule has 2 atom stereocenters. The lowest BCUT2D eigenvalue weighted by Crippen LogP contribution is -2.52. The Hall–Kier alpha value is -3.27. The topological polar surface area (TPSA) is 96.0 Å². The van der Waals surface area contributed by atoms with Gasteiger partial charge in [0.15, 0.2) is 0 Å². The van der Waals surface area contributed by atoms with E-state index in [1.54, 1.807) is 50.4 Å². The third-order valence-corrected chi connectivity index (χ3v) is 9.07. The number of nitrogens with zero attached hydrogens (tertiary/aromatic N) is 2. The molecule has 0 radical (unpaired) electrons. The fourth-order valence-electron chi connectivity index (χ4n) is 4.00. The summed E-state index contributed by atoms with van der Waals surface area (Å²) < 4.78 is 34.1. The summed E-state index contributed by atoms with van der Waals surface area (Å²) in [6.07, 6.45) is 0.709. The van der Waals surface area contributed by atoms with E-state index in [2.05, 4.69) is 5.32 Å². The first-order valence-electron chi connectivity index (χ1n) is 13.1. The molecule has 3 aromatic rings. The van der Waals surface area contributed by atoms with Crippen molar-refractivity contribution in [2.24, 2.45) is 0 Å². The Morgan fingerprint density at radius 3 is 2.20 bits per heavy atom. The second-order valence-electron chi connectivity index (χ2n) is 9.78. The average Bonchev–Trinajstić information content (AvgIpc) is 2.95. The van der Waals surface area contributed by atoms with Crippen molar-refractivity contribution in [3.63, 3.8) is 0 Å². The maximum atomic E-state index is 14.0. The van der Waals surface area contributed by atoms with E-state index in [9.17, 15) is 18.0 Å². The zero-order chi connectivity index (χ0) is 30.3. The predicted molar refractivity (Wildman–Crippen MR) is 163 cm³/mol. The van der Waals surface area contributed by atoms with Crippen molar-refractivity contribution >= 4 is 50.7 Å². The Bertz CT molecular complexity index is 1460. The largest absolute Gasteiger partial charge is 0.497 e. The van der Waals surface area contributed by atoms with Crippen LogP contribution >= 0.6 is 23.2 Å². The molecule has 0 aliphatic rings. The van der Waals surface area contributed by atoms with E-state index in [0.717, 1.165) is 15.4 Å². The molecule has 0 unspecified atom stereocenters. The molecular formula is C30H35Cl2N3O5S. The van der Waals surface area contributed by atoms with Crippen LogP contribution in [0.15, 0.2) is 71.6 Å². The first-order valence-corrected chi connectivity index (χ1v) is 15.3. The number of aryl methyl sites for hydroxylation is 1. The number of anilines is 1. The molecule has 0 aromatic heterocycles. The van der Waals surface area contributed by atoms with Crippen LogP contribution in [0.4, 0.5) is 5.69 Å². The number of sulfonamides is 1. The predicted octanol–water partition coefficient (Wildman–Crippen LogP) is 5.84. The van der Waals surface area contributed by atoms with Gasteiger partial charge in [-0.1, -0.05) is 60.0 Å². The smallest absolute Gasteiger partial charge is 0.264 e. The van der Waals surface area contributed by atoms with Gasteiger partial charge in [-0.05, 0) is 75.2 Å². The molecule has 11 heteroatoms. The maximum absolute atomic E-state index is 14.0. The number of halogens is 2. The number of hydrogen-bond acceptors (Lipinski definition) is 5. The van der Waals surface area contributed by atoms with Crippen molar-refractivity contribution in [3.8, 4) is 5.75 Å². The molecule has 0 aliphatic heterocycles. The number of carbonyl (C=O) groups is 2. The highest BCUT2D eigenvalue weighted by Gasteiger charge is 2.33. The van der Waals surface area contributed by atoms with Gasteiger partial charge in [-0.25, -0.2) is 8.42 Å². The zero-order valence-corrected chi connectivity index (χ0v) is 26.1. The van der Waals surface area contributed by atoms with Gasteiger partial charge in [0.1, 0.15) is 18.3 Å². The minimum absolute atomic E-state index is 0.0174. The van der Waals surface area contributed by atoms with Crippen molar-refractivity contribution in [1.29, 1.82) is 0 Å². The summed E-state index contributed by atoms with van der Waals surface area (Å²) >= 11 is 12.7. The molecule has 0 spiro atoms. The van der Waals surface area contributed by atoms with Gasteiger partial charge in [0.25, 0.3) is 10.0 Å². The number of ether oxygens (including phenoxy) is 1. The Balaban J connectivity index is 2.06. The van der Waals surface area contributed by atoms with E-state index >= 15 is 0 Å². The van der Waals surface area contributed by atoms with Crippen molar-refractivity contribution < 1.29 is 22.7 Å². The van der Waals surface area contributed by atoms with E-state index in [-0.39, 0.29) is 39.1 Å². The third kappa shape index (κ3) is 8.15. The standard InChI is InChI=1S/C30H35Cl2N3O5S/c1-6-21(3)33-30(37)22(4)34(18-23-9-12-25(40-5)13-10-23)29(36)19-35(28-17-24(31)11-16-27(28)32)41(38,39)26-14-7-20(2)8-15-26/h7-17,21-22H,6,18-19H2,1-5H3,(H,33,37)/t21-,22-/m1/s1. The minimum atomic E-state index is -4.26. The molecule has 0 fully saturated rings. The molecule has 41 heavy (non-hydrogen) atoms. The van der Waals surface area contributed by atoms with E-state index in [1.807, 2.05) is 20.8 Å². The molecule has 0 bridgehead atoms. The van der Waals surface area contributed by atoms with Crippen LogP contribution < -0.4 is 14.4 Å². The van der Waals surface area contributed by atoms with Crippen LogP contribution in [0.25, 0.3) is 0 Å². The highest BCUT2D eigenvalue weighted by Crippen LogP contribution is 2.33. The van der Waals surface area contributed by atoms with Gasteiger partial charge in [-0.3, -0.25) is 13.9 Å². The Kier molecular flexibility index (Phi) is 11.1. The quantitative estimate of drug-likeness (QED) is 0.275. The van der Waals surface area contributed by atoms with Gasteiger partial charge in [0, 0.05) is 17.6 Å². The van der Waals surface area contributed by atoms with Crippen LogP contribution in [0.5, 0.6) is 5.75 Å². The molecule has 0 saturated heterocycles. The molecule has 8 nitrogen and oxygen atoms in total. The van der Waals surface area contributed by atoms with Crippen LogP contribution in [0.1, 0.15) is 38.3 Å². The van der Waals surface area contributed by atoms with Crippen LogP contribution in [0.2, 0.25) is 10.0 Å². The summed E-state index contributed by atoms with van der Waals surface area (Å²) in [7, 11) is -2.71. The van der Waals surface area contributed by atoms with Gasteiger partial charge in [0.2, 0.25) is 11.8 Å². The molecular weight excluding hydrogens is 585 g/mol. The number of hydrogen-bond donors (Lipinski definition) is 1. The van der Waals surface area contributed by atoms with Crippen LogP contribution in [-0.4, -0.2) is 50.9 Å². The zero-order valence-electron chi connectivity index (χ0n) is 23.7. The molecule has 220 valence electrons. The van der Waals surface area contributed by atoms with Gasteiger partial charge in [-0.15, -0.1) is 0 Å². The Labute approximate surface area is 252 Å². The molecule has 0 saturated carbocycles. The normalized spacial score (nSPS) is 12.8. The highest BCUT2D eigenvalue weighted by atomic mass is 35.5. The van der Waals surface area contributed by atoms with Gasteiger partial charge >= 0.3 is 0 Å². The van der Waals surface area contributed by atoms with Crippen molar-refractivity contribution in [1.82, 2.24) is 10.2 Å². The van der Waals surface area contributed by atoms with Gasteiger partial charge < -0.3 is 15.0 Å². The third-order valence-electron chi connectivity index (χ3n) is 6.75. The Morgan fingerprint density at radius 2 is 1.61 bits per heavy atom. The second kappa shape index (κ2) is 14.1. The number of methoxy groups -OCH3 is 1. The van der Waals surface area contributed by atoms with E-state index in [1.165, 1.54) is 35.2 Å². The first-order chi connectivity index (χ1) is 19.4. The second-order valence-corrected chi connectivity index (χ2v) is 12.5. The summed E-state index contributed by atoms with van der Waals surface area (Å²) in [5.41, 5.74) is 1.66. The minimum Gasteiger partial charge on any atom is -0.497 e. The summed E-state index contributed by atoms with van der Waals surface area (Å²) in [6, 6.07) is 16.7. The molecule has 1 N–H and O–H groups in total. The molecule has 3 rings (SSSR count). The van der Waals surface area contributed by atoms with Crippen LogP contribution in [0, 0.1) is 6.92 Å². The van der Waals surface area contributed by atoms with Crippen molar-refractivity contribution in [3.05, 3.63) is 87.9 Å².